The molecule has 1 aromatic rings. The molecule has 0 atom stereocenters. The van der Waals surface area contributed by atoms with Crippen LogP contribution in [0.2, 0.25) is 10.0 Å². The zero-order valence-electron chi connectivity index (χ0n) is 11.4. The molecular weight excluding hydrogens is 315 g/mol. The lowest BCUT2D eigenvalue weighted by atomic mass is 10.2. The number of amides is 4. The molecule has 112 valence electrons. The summed E-state index contributed by atoms with van der Waals surface area (Å²) in [7, 11) is 0. The Hall–Kier alpha value is -1.59. The van der Waals surface area contributed by atoms with Crippen LogP contribution in [0.1, 0.15) is 26.2 Å². The molecular formula is C14H14Cl2N2O3. The van der Waals surface area contributed by atoms with Crippen LogP contribution in [0.5, 0.6) is 0 Å². The summed E-state index contributed by atoms with van der Waals surface area (Å²) in [4.78, 5) is 38.1. The van der Waals surface area contributed by atoms with Gasteiger partial charge in [0.1, 0.15) is 6.54 Å². The summed E-state index contributed by atoms with van der Waals surface area (Å²) in [6.45, 7) is 1.70. The predicted molar refractivity (Wildman–Crippen MR) is 80.6 cm³/mol. The van der Waals surface area contributed by atoms with E-state index in [1.165, 1.54) is 18.2 Å². The van der Waals surface area contributed by atoms with Crippen molar-refractivity contribution in [2.75, 3.05) is 11.4 Å². The van der Waals surface area contributed by atoms with Crippen LogP contribution < -0.4 is 4.90 Å². The first-order valence-electron chi connectivity index (χ1n) is 6.57. The van der Waals surface area contributed by atoms with Gasteiger partial charge in [0.2, 0.25) is 5.91 Å². The minimum atomic E-state index is -0.653. The van der Waals surface area contributed by atoms with E-state index >= 15 is 0 Å². The molecule has 1 aliphatic heterocycles. The fourth-order valence-electron chi connectivity index (χ4n) is 2.08. The molecule has 0 aromatic heterocycles. The Labute approximate surface area is 132 Å². The number of hydrogen-bond acceptors (Lipinski definition) is 3. The Kier molecular flexibility index (Phi) is 4.85. The molecule has 1 aliphatic rings. The minimum Gasteiger partial charge on any atom is -0.274 e. The van der Waals surface area contributed by atoms with Gasteiger partial charge in [-0.3, -0.25) is 14.5 Å². The molecule has 0 spiro atoms. The fourth-order valence-corrected chi connectivity index (χ4v) is 2.60. The van der Waals surface area contributed by atoms with Gasteiger partial charge in [0.05, 0.1) is 5.69 Å². The topological polar surface area (TPSA) is 57.7 Å². The Morgan fingerprint density at radius 2 is 1.81 bits per heavy atom. The van der Waals surface area contributed by atoms with Gasteiger partial charge < -0.3 is 0 Å². The largest absolute Gasteiger partial charge is 0.338 e. The Balaban J connectivity index is 2.24. The van der Waals surface area contributed by atoms with Crippen LogP contribution in [-0.2, 0) is 9.59 Å². The van der Waals surface area contributed by atoms with E-state index in [-0.39, 0.29) is 24.6 Å². The maximum atomic E-state index is 12.3. The third-order valence-electron chi connectivity index (χ3n) is 3.12. The summed E-state index contributed by atoms with van der Waals surface area (Å²) in [5.41, 5.74) is 0.272. The van der Waals surface area contributed by atoms with Gasteiger partial charge in [0, 0.05) is 16.5 Å². The van der Waals surface area contributed by atoms with Crippen LogP contribution in [0.3, 0.4) is 0 Å². The predicted octanol–water partition coefficient (Wildman–Crippen LogP) is 3.48. The smallest absolute Gasteiger partial charge is 0.274 e. The highest BCUT2D eigenvalue weighted by atomic mass is 35.5. The van der Waals surface area contributed by atoms with Gasteiger partial charge in [-0.15, -0.1) is 0 Å². The van der Waals surface area contributed by atoms with Gasteiger partial charge in [0.15, 0.2) is 0 Å². The van der Waals surface area contributed by atoms with Crippen molar-refractivity contribution < 1.29 is 14.4 Å². The zero-order chi connectivity index (χ0) is 15.6. The van der Waals surface area contributed by atoms with Crippen molar-refractivity contribution in [3.63, 3.8) is 0 Å². The van der Waals surface area contributed by atoms with E-state index in [1.807, 2.05) is 6.92 Å². The maximum absolute atomic E-state index is 12.3. The minimum absolute atomic E-state index is 0.245. The second-order valence-corrected chi connectivity index (χ2v) is 5.60. The van der Waals surface area contributed by atoms with Gasteiger partial charge in [-0.05, 0) is 24.6 Å². The standard InChI is InChI=1S/C14H14Cl2N2O3/c1-2-3-4-12(19)17-8-13(20)18(14(17)21)11-6-9(15)5-10(16)7-11/h5-7H,2-4,8H2,1H3. The molecule has 1 saturated heterocycles. The van der Waals surface area contributed by atoms with E-state index in [9.17, 15) is 14.4 Å². The lowest BCUT2D eigenvalue weighted by molar-refractivity contribution is -0.130. The quantitative estimate of drug-likeness (QED) is 0.795. The first kappa shape index (κ1) is 15.8. The molecule has 2 rings (SSSR count). The number of anilines is 1. The van der Waals surface area contributed by atoms with Gasteiger partial charge in [-0.1, -0.05) is 36.5 Å². The molecule has 1 fully saturated rings. The van der Waals surface area contributed by atoms with E-state index in [1.54, 1.807) is 0 Å². The molecule has 5 nitrogen and oxygen atoms in total. The first-order chi connectivity index (χ1) is 9.93. The molecule has 0 radical (unpaired) electrons. The summed E-state index contributed by atoms with van der Waals surface area (Å²) in [6.07, 6.45) is 1.77. The summed E-state index contributed by atoms with van der Waals surface area (Å²) >= 11 is 11.8. The number of hydrogen-bond donors (Lipinski definition) is 0. The number of rotatable bonds is 4. The molecule has 0 N–H and O–H groups in total. The number of imide groups is 2. The molecule has 0 aliphatic carbocycles. The molecule has 21 heavy (non-hydrogen) atoms. The number of halogens is 2. The van der Waals surface area contributed by atoms with Crippen molar-refractivity contribution in [3.05, 3.63) is 28.2 Å². The second-order valence-electron chi connectivity index (χ2n) is 4.72. The van der Waals surface area contributed by atoms with Crippen LogP contribution in [0.25, 0.3) is 0 Å². The molecule has 4 amide bonds. The normalized spacial score (nSPS) is 15.0. The molecule has 0 unspecified atom stereocenters. The van der Waals surface area contributed by atoms with Crippen LogP contribution in [0, 0.1) is 0 Å². The van der Waals surface area contributed by atoms with Crippen molar-refractivity contribution in [1.29, 1.82) is 0 Å². The molecule has 1 aromatic carbocycles. The first-order valence-corrected chi connectivity index (χ1v) is 7.33. The summed E-state index contributed by atoms with van der Waals surface area (Å²) in [5.74, 6) is -0.811. The van der Waals surface area contributed by atoms with Crippen LogP contribution in [-0.4, -0.2) is 29.3 Å². The Morgan fingerprint density at radius 1 is 1.19 bits per heavy atom. The highest BCUT2D eigenvalue weighted by Gasteiger charge is 2.40. The van der Waals surface area contributed by atoms with Gasteiger partial charge in [-0.2, -0.15) is 0 Å². The van der Waals surface area contributed by atoms with Crippen LogP contribution in [0.4, 0.5) is 10.5 Å². The highest BCUT2D eigenvalue weighted by Crippen LogP contribution is 2.28. The van der Waals surface area contributed by atoms with Crippen molar-refractivity contribution in [1.82, 2.24) is 4.90 Å². The number of carbonyl (C=O) groups excluding carboxylic acids is 3. The number of urea groups is 1. The molecule has 0 saturated carbocycles. The monoisotopic (exact) mass is 328 g/mol. The van der Waals surface area contributed by atoms with Crippen molar-refractivity contribution in [2.45, 2.75) is 26.2 Å². The Bertz CT molecular complexity index is 584. The molecule has 1 heterocycles. The number of carbonyl (C=O) groups is 3. The third kappa shape index (κ3) is 3.36. The molecule has 7 heteroatoms. The van der Waals surface area contributed by atoms with E-state index in [0.717, 1.165) is 16.2 Å². The average molecular weight is 329 g/mol. The molecule has 0 bridgehead atoms. The zero-order valence-corrected chi connectivity index (χ0v) is 12.9. The van der Waals surface area contributed by atoms with E-state index in [2.05, 4.69) is 0 Å². The van der Waals surface area contributed by atoms with Crippen molar-refractivity contribution in [3.8, 4) is 0 Å². The lowest BCUT2D eigenvalue weighted by Crippen LogP contribution is -2.36. The van der Waals surface area contributed by atoms with Gasteiger partial charge >= 0.3 is 6.03 Å². The SMILES string of the molecule is CCCCC(=O)N1CC(=O)N(c2cc(Cl)cc(Cl)c2)C1=O. The average Bonchev–Trinajstić information content (AvgIpc) is 2.70. The van der Waals surface area contributed by atoms with E-state index < -0.39 is 11.9 Å². The Morgan fingerprint density at radius 3 is 2.38 bits per heavy atom. The number of benzene rings is 1. The van der Waals surface area contributed by atoms with Crippen LogP contribution >= 0.6 is 23.2 Å². The second kappa shape index (κ2) is 6.45. The number of unbranched alkanes of at least 4 members (excludes halogenated alkanes) is 1. The van der Waals surface area contributed by atoms with Crippen molar-refractivity contribution in [2.24, 2.45) is 0 Å². The summed E-state index contributed by atoms with van der Waals surface area (Å²) in [5, 5.41) is 0.628. The number of nitrogens with zero attached hydrogens (tertiary/aromatic N) is 2. The van der Waals surface area contributed by atoms with E-state index in [0.29, 0.717) is 16.5 Å². The van der Waals surface area contributed by atoms with E-state index in [4.69, 9.17) is 23.2 Å². The van der Waals surface area contributed by atoms with Gasteiger partial charge in [-0.25, -0.2) is 9.69 Å². The van der Waals surface area contributed by atoms with Gasteiger partial charge in [0.25, 0.3) is 5.91 Å². The van der Waals surface area contributed by atoms with Crippen LogP contribution in [0.15, 0.2) is 18.2 Å². The summed E-state index contributed by atoms with van der Waals surface area (Å²) in [6, 6.07) is 3.77. The highest BCUT2D eigenvalue weighted by molar-refractivity contribution is 6.35. The fraction of sp³-hybridized carbons (Fsp3) is 0.357. The maximum Gasteiger partial charge on any atom is 0.338 e. The summed E-state index contributed by atoms with van der Waals surface area (Å²) < 4.78 is 0. The third-order valence-corrected chi connectivity index (χ3v) is 3.55. The lowest BCUT2D eigenvalue weighted by Gasteiger charge is -2.16. The van der Waals surface area contributed by atoms with Crippen molar-refractivity contribution >= 4 is 46.7 Å².